The summed E-state index contributed by atoms with van der Waals surface area (Å²) in [4.78, 5) is 12.9. The zero-order chi connectivity index (χ0) is 9.42. The highest BCUT2D eigenvalue weighted by Gasteiger charge is 2.13. The second kappa shape index (κ2) is 2.74. The molecular formula is C8H5ClN2O2. The number of aromatic amines is 1. The molecule has 4 nitrogen and oxygen atoms in total. The van der Waals surface area contributed by atoms with Crippen molar-refractivity contribution >= 4 is 28.2 Å². The molecule has 0 bridgehead atoms. The van der Waals surface area contributed by atoms with Gasteiger partial charge in [0.2, 0.25) is 0 Å². The number of halogens is 1. The molecule has 0 aliphatic rings. The number of nitrogens with zero attached hydrogens (tertiary/aromatic N) is 1. The van der Waals surface area contributed by atoms with Crippen molar-refractivity contribution < 1.29 is 4.92 Å². The van der Waals surface area contributed by atoms with Crippen molar-refractivity contribution in [2.75, 3.05) is 0 Å². The molecule has 66 valence electrons. The van der Waals surface area contributed by atoms with Crippen molar-refractivity contribution in [2.24, 2.45) is 0 Å². The summed E-state index contributed by atoms with van der Waals surface area (Å²) in [6.07, 6.45) is 1.54. The molecule has 0 fully saturated rings. The van der Waals surface area contributed by atoms with Crippen molar-refractivity contribution in [1.82, 2.24) is 4.98 Å². The lowest BCUT2D eigenvalue weighted by atomic mass is 10.2. The first kappa shape index (κ1) is 8.07. The Bertz CT molecular complexity index is 478. The lowest BCUT2D eigenvalue weighted by Gasteiger charge is -1.92. The molecule has 1 N–H and O–H groups in total. The summed E-state index contributed by atoms with van der Waals surface area (Å²) in [7, 11) is 0. The number of para-hydroxylation sites is 1. The largest absolute Gasteiger partial charge is 0.354 e. The minimum absolute atomic E-state index is 0.0457. The van der Waals surface area contributed by atoms with Crippen molar-refractivity contribution in [1.29, 1.82) is 0 Å². The number of benzene rings is 1. The Morgan fingerprint density at radius 1 is 1.46 bits per heavy atom. The number of nitro benzene ring substituents is 1. The Hall–Kier alpha value is -1.55. The van der Waals surface area contributed by atoms with Crippen molar-refractivity contribution in [3.63, 3.8) is 0 Å². The average Bonchev–Trinajstić information content (AvgIpc) is 2.48. The lowest BCUT2D eigenvalue weighted by Crippen LogP contribution is -1.88. The predicted molar refractivity (Wildman–Crippen MR) is 50.0 cm³/mol. The molecule has 0 amide bonds. The molecule has 1 heterocycles. The van der Waals surface area contributed by atoms with E-state index in [0.717, 1.165) is 0 Å². The van der Waals surface area contributed by atoms with Crippen molar-refractivity contribution in [3.05, 3.63) is 39.5 Å². The summed E-state index contributed by atoms with van der Waals surface area (Å²) in [5.41, 5.74) is 0.516. The monoisotopic (exact) mass is 196 g/mol. The van der Waals surface area contributed by atoms with Crippen molar-refractivity contribution in [3.8, 4) is 0 Å². The first-order chi connectivity index (χ1) is 6.20. The third-order valence-electron chi connectivity index (χ3n) is 1.84. The molecule has 0 atom stereocenters. The van der Waals surface area contributed by atoms with Crippen LogP contribution in [0.25, 0.3) is 10.9 Å². The Labute approximate surface area is 78.3 Å². The van der Waals surface area contributed by atoms with Crippen LogP contribution in [0.2, 0.25) is 5.02 Å². The molecule has 1 aromatic heterocycles. The quantitative estimate of drug-likeness (QED) is 0.563. The highest BCUT2D eigenvalue weighted by atomic mass is 35.5. The van der Waals surface area contributed by atoms with E-state index in [2.05, 4.69) is 4.98 Å². The van der Waals surface area contributed by atoms with Gasteiger partial charge in [-0.1, -0.05) is 23.7 Å². The second-order valence-electron chi connectivity index (χ2n) is 2.59. The lowest BCUT2D eigenvalue weighted by molar-refractivity contribution is -0.383. The predicted octanol–water partition coefficient (Wildman–Crippen LogP) is 2.73. The van der Waals surface area contributed by atoms with Crippen LogP contribution in [-0.4, -0.2) is 9.91 Å². The van der Waals surface area contributed by atoms with Gasteiger partial charge in [0.05, 0.1) is 9.95 Å². The normalized spacial score (nSPS) is 10.5. The fourth-order valence-corrected chi connectivity index (χ4v) is 1.47. The summed E-state index contributed by atoms with van der Waals surface area (Å²) in [6.45, 7) is 0. The van der Waals surface area contributed by atoms with Crippen LogP contribution in [0.3, 0.4) is 0 Å². The molecule has 5 heteroatoms. The van der Waals surface area contributed by atoms with E-state index in [1.807, 2.05) is 0 Å². The van der Waals surface area contributed by atoms with Crippen LogP contribution < -0.4 is 0 Å². The number of fused-ring (bicyclic) bond motifs is 1. The van der Waals surface area contributed by atoms with Gasteiger partial charge in [0, 0.05) is 17.6 Å². The Morgan fingerprint density at radius 2 is 2.23 bits per heavy atom. The van der Waals surface area contributed by atoms with Gasteiger partial charge in [-0.2, -0.15) is 0 Å². The topological polar surface area (TPSA) is 58.9 Å². The van der Waals surface area contributed by atoms with Gasteiger partial charge in [0.1, 0.15) is 5.52 Å². The second-order valence-corrected chi connectivity index (χ2v) is 3.00. The number of hydrogen-bond donors (Lipinski definition) is 1. The van der Waals surface area contributed by atoms with Crippen LogP contribution >= 0.6 is 11.6 Å². The maximum atomic E-state index is 10.6. The Morgan fingerprint density at radius 3 is 2.92 bits per heavy atom. The van der Waals surface area contributed by atoms with Crippen LogP contribution in [0.4, 0.5) is 5.69 Å². The van der Waals surface area contributed by atoms with E-state index >= 15 is 0 Å². The minimum Gasteiger partial charge on any atom is -0.354 e. The number of aromatic nitrogens is 1. The summed E-state index contributed by atoms with van der Waals surface area (Å²) >= 11 is 5.80. The van der Waals surface area contributed by atoms with E-state index in [-0.39, 0.29) is 5.69 Å². The molecule has 0 spiro atoms. The molecule has 13 heavy (non-hydrogen) atoms. The number of H-pyrrole nitrogens is 1. The molecule has 0 aliphatic heterocycles. The Balaban J connectivity index is 2.84. The zero-order valence-electron chi connectivity index (χ0n) is 6.45. The first-order valence-corrected chi connectivity index (χ1v) is 3.98. The SMILES string of the molecule is O=[N+]([O-])c1cccc2c(Cl)c[nH]c12. The molecule has 0 saturated heterocycles. The van der Waals surface area contributed by atoms with Crippen LogP contribution in [0.1, 0.15) is 0 Å². The van der Waals surface area contributed by atoms with Gasteiger partial charge < -0.3 is 4.98 Å². The van der Waals surface area contributed by atoms with Crippen LogP contribution in [-0.2, 0) is 0 Å². The van der Waals surface area contributed by atoms with Gasteiger partial charge >= 0.3 is 0 Å². The maximum absolute atomic E-state index is 10.6. The van der Waals surface area contributed by atoms with E-state index in [1.165, 1.54) is 6.07 Å². The van der Waals surface area contributed by atoms with E-state index in [4.69, 9.17) is 11.6 Å². The summed E-state index contributed by atoms with van der Waals surface area (Å²) in [6, 6.07) is 4.79. The highest BCUT2D eigenvalue weighted by molar-refractivity contribution is 6.35. The van der Waals surface area contributed by atoms with Gasteiger partial charge in [-0.05, 0) is 0 Å². The van der Waals surface area contributed by atoms with E-state index in [9.17, 15) is 10.1 Å². The molecule has 1 aromatic carbocycles. The summed E-state index contributed by atoms with van der Waals surface area (Å²) in [5.74, 6) is 0. The third kappa shape index (κ3) is 1.15. The van der Waals surface area contributed by atoms with Gasteiger partial charge in [0.15, 0.2) is 0 Å². The standard InChI is InChI=1S/C8H5ClN2O2/c9-6-4-10-8-5(6)2-1-3-7(8)11(12)13/h1-4,10H. The molecule has 2 aromatic rings. The van der Waals surface area contributed by atoms with E-state index in [0.29, 0.717) is 15.9 Å². The smallest absolute Gasteiger partial charge is 0.293 e. The first-order valence-electron chi connectivity index (χ1n) is 3.60. The van der Waals surface area contributed by atoms with Crippen LogP contribution in [0, 0.1) is 10.1 Å². The Kier molecular flexibility index (Phi) is 1.70. The number of hydrogen-bond acceptors (Lipinski definition) is 2. The fourth-order valence-electron chi connectivity index (χ4n) is 1.26. The number of rotatable bonds is 1. The number of nitrogens with one attached hydrogen (secondary N) is 1. The van der Waals surface area contributed by atoms with Gasteiger partial charge in [-0.3, -0.25) is 10.1 Å². The average molecular weight is 197 g/mol. The molecular weight excluding hydrogens is 192 g/mol. The number of nitro groups is 1. The molecule has 0 aliphatic carbocycles. The van der Waals surface area contributed by atoms with E-state index < -0.39 is 4.92 Å². The molecule has 0 unspecified atom stereocenters. The minimum atomic E-state index is -0.435. The van der Waals surface area contributed by atoms with Crippen molar-refractivity contribution in [2.45, 2.75) is 0 Å². The number of non-ortho nitro benzene ring substituents is 1. The fraction of sp³-hybridized carbons (Fsp3) is 0. The molecule has 0 saturated carbocycles. The zero-order valence-corrected chi connectivity index (χ0v) is 7.21. The highest BCUT2D eigenvalue weighted by Crippen LogP contribution is 2.29. The van der Waals surface area contributed by atoms with Crippen LogP contribution in [0.5, 0.6) is 0 Å². The summed E-state index contributed by atoms with van der Waals surface area (Å²) < 4.78 is 0. The van der Waals surface area contributed by atoms with E-state index in [1.54, 1.807) is 18.3 Å². The maximum Gasteiger partial charge on any atom is 0.293 e. The van der Waals surface area contributed by atoms with Crippen LogP contribution in [0.15, 0.2) is 24.4 Å². The third-order valence-corrected chi connectivity index (χ3v) is 2.15. The van der Waals surface area contributed by atoms with Gasteiger partial charge in [0.25, 0.3) is 5.69 Å². The molecule has 0 radical (unpaired) electrons. The summed E-state index contributed by atoms with van der Waals surface area (Å²) in [5, 5.41) is 11.7. The molecule has 2 rings (SSSR count). The van der Waals surface area contributed by atoms with Gasteiger partial charge in [-0.15, -0.1) is 0 Å². The van der Waals surface area contributed by atoms with Gasteiger partial charge in [-0.25, -0.2) is 0 Å².